The van der Waals surface area contributed by atoms with Gasteiger partial charge in [0, 0.05) is 18.6 Å². The molecule has 0 spiro atoms. The maximum Gasteiger partial charge on any atom is 0.339 e. The molecular weight excluding hydrogens is 446 g/mol. The van der Waals surface area contributed by atoms with E-state index in [1.165, 1.54) is 32.3 Å². The molecule has 9 heteroatoms. The lowest BCUT2D eigenvalue weighted by Gasteiger charge is -2.13. The van der Waals surface area contributed by atoms with Gasteiger partial charge in [0.25, 0.3) is 0 Å². The van der Waals surface area contributed by atoms with Gasteiger partial charge in [-0.05, 0) is 36.4 Å². The van der Waals surface area contributed by atoms with Gasteiger partial charge in [-0.2, -0.15) is 0 Å². The molecule has 2 aromatic rings. The SMILES string of the molecule is CN(C)S(=O)(=O)c1ccc(Cl)c(C(=O)OCCOc2cccc(Br)c2)c1. The van der Waals surface area contributed by atoms with Crippen molar-refractivity contribution in [3.05, 3.63) is 57.5 Å². The minimum absolute atomic E-state index is 0.00761. The number of benzene rings is 2. The number of halogens is 2. The number of ether oxygens (including phenoxy) is 2. The van der Waals surface area contributed by atoms with Crippen LogP contribution in [0.25, 0.3) is 0 Å². The second kappa shape index (κ2) is 8.85. The zero-order valence-electron chi connectivity index (χ0n) is 14.1. The van der Waals surface area contributed by atoms with E-state index in [1.807, 2.05) is 12.1 Å². The Hall–Kier alpha value is -1.61. The molecule has 2 aromatic carbocycles. The second-order valence-corrected chi connectivity index (χ2v) is 8.85. The Balaban J connectivity index is 2.01. The van der Waals surface area contributed by atoms with Gasteiger partial charge in [-0.1, -0.05) is 33.6 Å². The van der Waals surface area contributed by atoms with Crippen LogP contribution in [0.3, 0.4) is 0 Å². The van der Waals surface area contributed by atoms with E-state index in [-0.39, 0.29) is 28.7 Å². The molecule has 0 aromatic heterocycles. The first kappa shape index (κ1) is 20.7. The molecule has 0 radical (unpaired) electrons. The molecule has 140 valence electrons. The Morgan fingerprint density at radius 2 is 1.88 bits per heavy atom. The summed E-state index contributed by atoms with van der Waals surface area (Å²) in [4.78, 5) is 12.2. The fraction of sp³-hybridized carbons (Fsp3) is 0.235. The lowest BCUT2D eigenvalue weighted by atomic mass is 10.2. The Bertz CT molecular complexity index is 902. The number of sulfonamides is 1. The number of rotatable bonds is 7. The van der Waals surface area contributed by atoms with Gasteiger partial charge in [-0.3, -0.25) is 0 Å². The van der Waals surface area contributed by atoms with Crippen molar-refractivity contribution >= 4 is 43.5 Å². The lowest BCUT2D eigenvalue weighted by Crippen LogP contribution is -2.22. The highest BCUT2D eigenvalue weighted by molar-refractivity contribution is 9.10. The molecule has 0 heterocycles. The minimum atomic E-state index is -3.68. The van der Waals surface area contributed by atoms with Gasteiger partial charge >= 0.3 is 5.97 Å². The van der Waals surface area contributed by atoms with Gasteiger partial charge in [0.05, 0.1) is 15.5 Å². The van der Waals surface area contributed by atoms with Crippen LogP contribution in [0.4, 0.5) is 0 Å². The predicted octanol–water partition coefficient (Wildman–Crippen LogP) is 3.59. The van der Waals surface area contributed by atoms with Crippen LogP contribution in [-0.4, -0.2) is 46.0 Å². The first-order valence-electron chi connectivity index (χ1n) is 7.49. The van der Waals surface area contributed by atoms with Gasteiger partial charge in [0.15, 0.2) is 0 Å². The summed E-state index contributed by atoms with van der Waals surface area (Å²) < 4.78 is 36.9. The number of hydrogen-bond acceptors (Lipinski definition) is 5. The fourth-order valence-electron chi connectivity index (χ4n) is 1.96. The van der Waals surface area contributed by atoms with Crippen molar-refractivity contribution in [3.63, 3.8) is 0 Å². The summed E-state index contributed by atoms with van der Waals surface area (Å²) in [5.74, 6) is -0.0869. The van der Waals surface area contributed by atoms with Gasteiger partial charge < -0.3 is 9.47 Å². The number of esters is 1. The lowest BCUT2D eigenvalue weighted by molar-refractivity contribution is 0.0450. The number of hydrogen-bond donors (Lipinski definition) is 0. The fourth-order valence-corrected chi connectivity index (χ4v) is 3.46. The quantitative estimate of drug-likeness (QED) is 0.464. The van der Waals surface area contributed by atoms with Crippen molar-refractivity contribution in [2.75, 3.05) is 27.3 Å². The maximum atomic E-state index is 12.2. The van der Waals surface area contributed by atoms with Crippen LogP contribution < -0.4 is 4.74 Å². The standard InChI is InChI=1S/C17H17BrClNO5S/c1-20(2)26(22,23)14-6-7-16(19)15(11-14)17(21)25-9-8-24-13-5-3-4-12(18)10-13/h3-7,10-11H,8-9H2,1-2H3. The van der Waals surface area contributed by atoms with Gasteiger partial charge in [-0.25, -0.2) is 17.5 Å². The van der Waals surface area contributed by atoms with E-state index < -0.39 is 16.0 Å². The molecule has 0 aliphatic carbocycles. The number of carbonyl (C=O) groups is 1. The first-order chi connectivity index (χ1) is 12.2. The molecule has 0 saturated carbocycles. The normalized spacial score (nSPS) is 11.4. The Morgan fingerprint density at radius 1 is 1.15 bits per heavy atom. The van der Waals surface area contributed by atoms with Crippen LogP contribution in [0.2, 0.25) is 5.02 Å². The van der Waals surface area contributed by atoms with E-state index in [2.05, 4.69) is 15.9 Å². The summed E-state index contributed by atoms with van der Waals surface area (Å²) >= 11 is 9.33. The second-order valence-electron chi connectivity index (χ2n) is 5.37. The van der Waals surface area contributed by atoms with E-state index in [4.69, 9.17) is 21.1 Å². The Labute approximate surface area is 165 Å². The van der Waals surface area contributed by atoms with E-state index in [9.17, 15) is 13.2 Å². The van der Waals surface area contributed by atoms with E-state index >= 15 is 0 Å². The third kappa shape index (κ3) is 5.20. The Kier molecular flexibility index (Phi) is 7.05. The number of nitrogens with zero attached hydrogens (tertiary/aromatic N) is 1. The van der Waals surface area contributed by atoms with E-state index in [1.54, 1.807) is 12.1 Å². The van der Waals surface area contributed by atoms with Crippen molar-refractivity contribution in [1.29, 1.82) is 0 Å². The zero-order chi connectivity index (χ0) is 19.3. The van der Waals surface area contributed by atoms with Gasteiger partial charge in [-0.15, -0.1) is 0 Å². The summed E-state index contributed by atoms with van der Waals surface area (Å²) in [6.45, 7) is 0.141. The summed E-state index contributed by atoms with van der Waals surface area (Å²) in [5, 5.41) is 0.112. The predicted molar refractivity (Wildman–Crippen MR) is 102 cm³/mol. The molecular formula is C17H17BrClNO5S. The topological polar surface area (TPSA) is 72.9 Å². The van der Waals surface area contributed by atoms with E-state index in [0.717, 1.165) is 8.78 Å². The zero-order valence-corrected chi connectivity index (χ0v) is 17.3. The van der Waals surface area contributed by atoms with Crippen molar-refractivity contribution in [2.24, 2.45) is 0 Å². The summed E-state index contributed by atoms with van der Waals surface area (Å²) in [6.07, 6.45) is 0. The molecule has 0 unspecified atom stereocenters. The van der Waals surface area contributed by atoms with Crippen LogP contribution >= 0.6 is 27.5 Å². The first-order valence-corrected chi connectivity index (χ1v) is 10.1. The smallest absolute Gasteiger partial charge is 0.339 e. The Morgan fingerprint density at radius 3 is 2.54 bits per heavy atom. The van der Waals surface area contributed by atoms with E-state index in [0.29, 0.717) is 5.75 Å². The summed E-state index contributed by atoms with van der Waals surface area (Å²) in [6, 6.07) is 11.1. The van der Waals surface area contributed by atoms with Gasteiger partial charge in [0.2, 0.25) is 10.0 Å². The third-order valence-corrected chi connectivity index (χ3v) is 5.95. The van der Waals surface area contributed by atoms with Crippen LogP contribution in [-0.2, 0) is 14.8 Å². The van der Waals surface area contributed by atoms with Gasteiger partial charge in [0.1, 0.15) is 19.0 Å². The molecule has 2 rings (SSSR count). The average Bonchev–Trinajstić information content (AvgIpc) is 2.58. The van der Waals surface area contributed by atoms with Crippen LogP contribution in [0, 0.1) is 0 Å². The average molecular weight is 463 g/mol. The highest BCUT2D eigenvalue weighted by atomic mass is 79.9. The molecule has 0 aliphatic rings. The van der Waals surface area contributed by atoms with Crippen LogP contribution in [0.5, 0.6) is 5.75 Å². The summed E-state index contributed by atoms with van der Waals surface area (Å²) in [5.41, 5.74) is -0.0166. The molecule has 0 amide bonds. The van der Waals surface area contributed by atoms with Crippen molar-refractivity contribution < 1.29 is 22.7 Å². The van der Waals surface area contributed by atoms with Crippen molar-refractivity contribution in [3.8, 4) is 5.75 Å². The molecule has 0 bridgehead atoms. The molecule has 26 heavy (non-hydrogen) atoms. The van der Waals surface area contributed by atoms with Crippen molar-refractivity contribution in [2.45, 2.75) is 4.90 Å². The maximum absolute atomic E-state index is 12.2. The molecule has 0 atom stereocenters. The third-order valence-electron chi connectivity index (χ3n) is 3.32. The highest BCUT2D eigenvalue weighted by Gasteiger charge is 2.21. The molecule has 0 saturated heterocycles. The number of carbonyl (C=O) groups excluding carboxylic acids is 1. The molecule has 0 N–H and O–H groups in total. The monoisotopic (exact) mass is 461 g/mol. The largest absolute Gasteiger partial charge is 0.490 e. The molecule has 0 fully saturated rings. The highest BCUT2D eigenvalue weighted by Crippen LogP contribution is 2.23. The summed E-state index contributed by atoms with van der Waals surface area (Å²) in [7, 11) is -0.869. The molecule has 0 aliphatic heterocycles. The van der Waals surface area contributed by atoms with Crippen LogP contribution in [0.15, 0.2) is 51.8 Å². The molecule has 6 nitrogen and oxygen atoms in total. The van der Waals surface area contributed by atoms with Crippen molar-refractivity contribution in [1.82, 2.24) is 4.31 Å². The van der Waals surface area contributed by atoms with Crippen LogP contribution in [0.1, 0.15) is 10.4 Å². The minimum Gasteiger partial charge on any atom is -0.490 e.